The lowest BCUT2D eigenvalue weighted by atomic mass is 9.95. The van der Waals surface area contributed by atoms with Gasteiger partial charge in [0.1, 0.15) is 16.8 Å². The van der Waals surface area contributed by atoms with Gasteiger partial charge in [-0.15, -0.1) is 0 Å². The molecule has 32 heavy (non-hydrogen) atoms. The number of rotatable bonds is 8. The standard InChI is InChI=1S/C23H22ClFN6O/c1-13-8-15(9-20(24)30-13)18-10-19(16(11-26)12-29-7-6-21(27)32)23(28)31-22(18)14-2-4-17(25)5-3-14/h2-5,8-12,26,29H,6-7H2,1H3,(H2,27,32)(H2,28,31)/b16-12+,26-11?. The number of nitrogen functional groups attached to an aromatic ring is 1. The molecule has 2 aromatic heterocycles. The quantitative estimate of drug-likeness (QED) is 0.233. The Hall–Kier alpha value is -3.78. The first-order valence-electron chi connectivity index (χ1n) is 9.72. The van der Waals surface area contributed by atoms with E-state index in [4.69, 9.17) is 28.5 Å². The molecule has 0 radical (unpaired) electrons. The Morgan fingerprint density at radius 2 is 1.91 bits per heavy atom. The van der Waals surface area contributed by atoms with Crippen LogP contribution in [0.3, 0.4) is 0 Å². The Morgan fingerprint density at radius 3 is 2.53 bits per heavy atom. The summed E-state index contributed by atoms with van der Waals surface area (Å²) in [6, 6.07) is 11.3. The summed E-state index contributed by atoms with van der Waals surface area (Å²) in [4.78, 5) is 19.7. The number of pyridine rings is 2. The van der Waals surface area contributed by atoms with Gasteiger partial charge in [0.15, 0.2) is 0 Å². The molecule has 0 aliphatic carbocycles. The number of amides is 1. The highest BCUT2D eigenvalue weighted by Crippen LogP contribution is 2.36. The minimum Gasteiger partial charge on any atom is -0.390 e. The van der Waals surface area contributed by atoms with Crippen molar-refractivity contribution in [3.63, 3.8) is 0 Å². The van der Waals surface area contributed by atoms with Crippen LogP contribution in [0.2, 0.25) is 5.15 Å². The monoisotopic (exact) mass is 452 g/mol. The van der Waals surface area contributed by atoms with Crippen molar-refractivity contribution in [3.05, 3.63) is 70.9 Å². The summed E-state index contributed by atoms with van der Waals surface area (Å²) in [6.07, 6.45) is 2.87. The van der Waals surface area contributed by atoms with E-state index < -0.39 is 5.91 Å². The van der Waals surface area contributed by atoms with Gasteiger partial charge in [-0.1, -0.05) is 11.6 Å². The van der Waals surface area contributed by atoms with Crippen LogP contribution in [0.4, 0.5) is 10.2 Å². The van der Waals surface area contributed by atoms with E-state index in [0.29, 0.717) is 45.3 Å². The van der Waals surface area contributed by atoms with Crippen LogP contribution >= 0.6 is 11.6 Å². The summed E-state index contributed by atoms with van der Waals surface area (Å²) in [5.41, 5.74) is 15.8. The van der Waals surface area contributed by atoms with Crippen LogP contribution in [0.1, 0.15) is 17.7 Å². The zero-order valence-electron chi connectivity index (χ0n) is 17.3. The van der Waals surface area contributed by atoms with Gasteiger partial charge in [-0.25, -0.2) is 14.4 Å². The molecule has 164 valence electrons. The van der Waals surface area contributed by atoms with Gasteiger partial charge in [-0.2, -0.15) is 0 Å². The molecule has 0 aliphatic heterocycles. The zero-order chi connectivity index (χ0) is 23.3. The average molecular weight is 453 g/mol. The number of hydrogen-bond acceptors (Lipinski definition) is 6. The molecule has 7 nitrogen and oxygen atoms in total. The highest BCUT2D eigenvalue weighted by molar-refractivity contribution is 6.29. The summed E-state index contributed by atoms with van der Waals surface area (Å²) in [6.45, 7) is 2.14. The van der Waals surface area contributed by atoms with Crippen molar-refractivity contribution in [2.45, 2.75) is 13.3 Å². The lowest BCUT2D eigenvalue weighted by molar-refractivity contribution is -0.117. The molecular formula is C23H22ClFN6O. The fourth-order valence-electron chi connectivity index (χ4n) is 3.16. The molecule has 6 N–H and O–H groups in total. The first-order valence-corrected chi connectivity index (χ1v) is 10.1. The topological polar surface area (TPSA) is 131 Å². The molecule has 0 fully saturated rings. The van der Waals surface area contributed by atoms with Crippen LogP contribution in [0.15, 0.2) is 48.7 Å². The fraction of sp³-hybridized carbons (Fsp3) is 0.130. The number of carbonyl (C=O) groups is 1. The molecule has 3 rings (SSSR count). The van der Waals surface area contributed by atoms with Crippen LogP contribution < -0.4 is 16.8 Å². The van der Waals surface area contributed by atoms with E-state index in [-0.39, 0.29) is 18.1 Å². The highest BCUT2D eigenvalue weighted by atomic mass is 35.5. The molecule has 0 aliphatic rings. The van der Waals surface area contributed by atoms with Gasteiger partial charge in [0.2, 0.25) is 5.91 Å². The van der Waals surface area contributed by atoms with E-state index in [1.54, 1.807) is 30.5 Å². The van der Waals surface area contributed by atoms with Crippen molar-refractivity contribution in [3.8, 4) is 22.4 Å². The second-order valence-corrected chi connectivity index (χ2v) is 7.45. The fourth-order valence-corrected chi connectivity index (χ4v) is 3.42. The molecule has 0 spiro atoms. The Labute approximate surface area is 189 Å². The van der Waals surface area contributed by atoms with Gasteiger partial charge in [0, 0.05) is 53.3 Å². The molecule has 0 saturated carbocycles. The molecular weight excluding hydrogens is 431 g/mol. The van der Waals surface area contributed by atoms with E-state index in [1.165, 1.54) is 12.1 Å². The van der Waals surface area contributed by atoms with Crippen molar-refractivity contribution < 1.29 is 9.18 Å². The maximum absolute atomic E-state index is 13.5. The van der Waals surface area contributed by atoms with Crippen LogP contribution in [0, 0.1) is 18.2 Å². The number of halogens is 2. The van der Waals surface area contributed by atoms with Gasteiger partial charge in [0.25, 0.3) is 0 Å². The Bertz CT molecular complexity index is 1170. The van der Waals surface area contributed by atoms with E-state index in [0.717, 1.165) is 11.8 Å². The predicted molar refractivity (Wildman–Crippen MR) is 126 cm³/mol. The number of nitrogens with one attached hydrogen (secondary N) is 2. The molecule has 0 atom stereocenters. The number of aromatic nitrogens is 2. The SMILES string of the molecule is Cc1cc(-c2cc(/C(C=N)=C/NCCC(N)=O)c(N)nc2-c2ccc(F)cc2)cc(Cl)n1. The van der Waals surface area contributed by atoms with Crippen LogP contribution in [-0.4, -0.2) is 28.6 Å². The normalized spacial score (nSPS) is 11.3. The lowest BCUT2D eigenvalue weighted by Crippen LogP contribution is -2.18. The first kappa shape index (κ1) is 22.9. The van der Waals surface area contributed by atoms with E-state index in [2.05, 4.69) is 15.3 Å². The second kappa shape index (κ2) is 10.0. The van der Waals surface area contributed by atoms with Crippen molar-refractivity contribution in [1.82, 2.24) is 15.3 Å². The van der Waals surface area contributed by atoms with E-state index in [9.17, 15) is 9.18 Å². The number of anilines is 1. The van der Waals surface area contributed by atoms with Gasteiger partial charge in [-0.05, 0) is 55.0 Å². The third-order valence-corrected chi connectivity index (χ3v) is 4.84. The largest absolute Gasteiger partial charge is 0.390 e. The Morgan fingerprint density at radius 1 is 1.19 bits per heavy atom. The molecule has 0 unspecified atom stereocenters. The predicted octanol–water partition coefficient (Wildman–Crippen LogP) is 3.95. The Kier molecular flexibility index (Phi) is 7.17. The molecule has 0 bridgehead atoms. The maximum atomic E-state index is 13.5. The van der Waals surface area contributed by atoms with Crippen LogP contribution in [0.5, 0.6) is 0 Å². The smallest absolute Gasteiger partial charge is 0.219 e. The Balaban J connectivity index is 2.16. The number of hydrogen-bond donors (Lipinski definition) is 4. The minimum absolute atomic E-state index is 0.152. The van der Waals surface area contributed by atoms with Gasteiger partial charge < -0.3 is 22.2 Å². The molecule has 1 amide bonds. The van der Waals surface area contributed by atoms with Crippen molar-refractivity contribution in [2.75, 3.05) is 12.3 Å². The number of primary amides is 1. The molecule has 1 aromatic carbocycles. The summed E-state index contributed by atoms with van der Waals surface area (Å²) >= 11 is 6.19. The number of carbonyl (C=O) groups excluding carboxylic acids is 1. The number of allylic oxidation sites excluding steroid dienone is 1. The highest BCUT2D eigenvalue weighted by Gasteiger charge is 2.16. The molecule has 2 heterocycles. The maximum Gasteiger partial charge on any atom is 0.219 e. The van der Waals surface area contributed by atoms with E-state index in [1.807, 2.05) is 13.0 Å². The average Bonchev–Trinajstić information content (AvgIpc) is 2.74. The molecule has 0 saturated heterocycles. The van der Waals surface area contributed by atoms with Crippen LogP contribution in [-0.2, 0) is 4.79 Å². The first-order chi connectivity index (χ1) is 15.3. The number of aryl methyl sites for hydroxylation is 1. The van der Waals surface area contributed by atoms with Crippen molar-refractivity contribution in [1.29, 1.82) is 5.41 Å². The number of benzene rings is 1. The minimum atomic E-state index is -0.431. The third-order valence-electron chi connectivity index (χ3n) is 4.64. The zero-order valence-corrected chi connectivity index (χ0v) is 18.1. The van der Waals surface area contributed by atoms with Crippen molar-refractivity contribution in [2.24, 2.45) is 5.73 Å². The van der Waals surface area contributed by atoms with Crippen LogP contribution in [0.25, 0.3) is 28.0 Å². The number of nitrogens with two attached hydrogens (primary N) is 2. The summed E-state index contributed by atoms with van der Waals surface area (Å²) < 4.78 is 13.5. The lowest BCUT2D eigenvalue weighted by Gasteiger charge is -2.15. The summed E-state index contributed by atoms with van der Waals surface area (Å²) in [5, 5.41) is 11.1. The van der Waals surface area contributed by atoms with Crippen molar-refractivity contribution >= 4 is 35.1 Å². The van der Waals surface area contributed by atoms with Gasteiger partial charge >= 0.3 is 0 Å². The molecule has 9 heteroatoms. The van der Waals surface area contributed by atoms with Gasteiger partial charge in [0.05, 0.1) is 5.69 Å². The van der Waals surface area contributed by atoms with E-state index >= 15 is 0 Å². The second-order valence-electron chi connectivity index (χ2n) is 7.06. The molecule has 3 aromatic rings. The summed E-state index contributed by atoms with van der Waals surface area (Å²) in [7, 11) is 0. The van der Waals surface area contributed by atoms with Gasteiger partial charge in [-0.3, -0.25) is 4.79 Å². The summed E-state index contributed by atoms with van der Waals surface area (Å²) in [5.74, 6) is -0.602. The number of nitrogens with zero attached hydrogens (tertiary/aromatic N) is 2. The third kappa shape index (κ3) is 5.47.